The third-order valence-electron chi connectivity index (χ3n) is 5.11. The van der Waals surface area contributed by atoms with Crippen LogP contribution in [0.15, 0.2) is 47.1 Å². The molecule has 0 aliphatic heterocycles. The molecule has 0 radical (unpaired) electrons. The Labute approximate surface area is 172 Å². The molecule has 0 spiro atoms. The number of aliphatic imine (C=N–C) groups is 1. The third-order valence-corrected chi connectivity index (χ3v) is 5.11. The number of hydrogen-bond acceptors (Lipinski definition) is 4. The fourth-order valence-electron chi connectivity index (χ4n) is 3.44. The molecule has 29 heavy (non-hydrogen) atoms. The summed E-state index contributed by atoms with van der Waals surface area (Å²) < 4.78 is 19.2. The van der Waals surface area contributed by atoms with E-state index in [0.717, 1.165) is 17.7 Å². The number of allylic oxidation sites excluding steroid dienone is 2. The van der Waals surface area contributed by atoms with Gasteiger partial charge in [-0.25, -0.2) is 9.18 Å². The first kappa shape index (κ1) is 22.3. The fourth-order valence-corrected chi connectivity index (χ4v) is 3.44. The first-order valence-corrected chi connectivity index (χ1v) is 9.75. The molecular formula is C24H29FN2O2. The molecule has 5 heteroatoms. The van der Waals surface area contributed by atoms with E-state index >= 15 is 0 Å². The summed E-state index contributed by atoms with van der Waals surface area (Å²) in [5.74, 6) is -1.52. The molecule has 154 valence electrons. The monoisotopic (exact) mass is 396 g/mol. The van der Waals surface area contributed by atoms with Crippen molar-refractivity contribution < 1.29 is 13.9 Å². The predicted octanol–water partition coefficient (Wildman–Crippen LogP) is 5.52. The number of esters is 1. The average Bonchev–Trinajstić information content (AvgIpc) is 2.69. The molecular weight excluding hydrogens is 367 g/mol. The summed E-state index contributed by atoms with van der Waals surface area (Å²) in [6.45, 7) is 8.15. The normalized spacial score (nSPS) is 13.0. The molecule has 1 atom stereocenters. The Morgan fingerprint density at radius 3 is 2.62 bits per heavy atom. The van der Waals surface area contributed by atoms with Crippen molar-refractivity contribution in [1.29, 1.82) is 0 Å². The maximum absolute atomic E-state index is 14.6. The molecule has 2 aromatic rings. The Kier molecular flexibility index (Phi) is 7.71. The first-order chi connectivity index (χ1) is 13.8. The highest BCUT2D eigenvalue weighted by Crippen LogP contribution is 2.34. The van der Waals surface area contributed by atoms with E-state index in [-0.39, 0.29) is 17.2 Å². The van der Waals surface area contributed by atoms with Crippen molar-refractivity contribution in [2.75, 3.05) is 12.8 Å². The quantitative estimate of drug-likeness (QED) is 0.381. The summed E-state index contributed by atoms with van der Waals surface area (Å²) in [6, 6.07) is 9.18. The van der Waals surface area contributed by atoms with Gasteiger partial charge in [0.05, 0.1) is 7.11 Å². The van der Waals surface area contributed by atoms with E-state index in [2.05, 4.69) is 35.7 Å². The summed E-state index contributed by atoms with van der Waals surface area (Å²) in [6.07, 6.45) is 5.20. The van der Waals surface area contributed by atoms with E-state index < -0.39 is 11.8 Å². The van der Waals surface area contributed by atoms with Gasteiger partial charge in [-0.2, -0.15) is 0 Å². The van der Waals surface area contributed by atoms with Gasteiger partial charge in [-0.05, 0) is 68.0 Å². The Balaban J connectivity index is 2.55. The van der Waals surface area contributed by atoms with Gasteiger partial charge in [-0.1, -0.05) is 31.2 Å². The summed E-state index contributed by atoms with van der Waals surface area (Å²) in [5.41, 5.74) is 10.9. The van der Waals surface area contributed by atoms with Crippen LogP contribution in [0.5, 0.6) is 0 Å². The van der Waals surface area contributed by atoms with Crippen LogP contribution in [-0.4, -0.2) is 19.3 Å². The number of hydrogen-bond donors (Lipinski definition) is 1. The van der Waals surface area contributed by atoms with Gasteiger partial charge in [0.15, 0.2) is 0 Å². The van der Waals surface area contributed by atoms with Crippen molar-refractivity contribution >= 4 is 17.9 Å². The molecule has 0 fully saturated rings. The molecule has 0 saturated heterocycles. The van der Waals surface area contributed by atoms with E-state index in [1.165, 1.54) is 24.3 Å². The largest absolute Gasteiger partial charge is 0.465 e. The SMILES string of the molecule is C/C=C(\N=CCC)C(Cc1cc(N)c(C(=O)OC)c(F)c1)c1cccc(C)c1C. The maximum Gasteiger partial charge on any atom is 0.342 e. The van der Waals surface area contributed by atoms with Crippen LogP contribution in [0.4, 0.5) is 10.1 Å². The van der Waals surface area contributed by atoms with Crippen LogP contribution in [0.1, 0.15) is 58.8 Å². The molecule has 4 nitrogen and oxygen atoms in total. The highest BCUT2D eigenvalue weighted by molar-refractivity contribution is 5.95. The summed E-state index contributed by atoms with van der Waals surface area (Å²) in [7, 11) is 1.20. The average molecular weight is 397 g/mol. The van der Waals surface area contributed by atoms with E-state index in [1.807, 2.05) is 32.2 Å². The lowest BCUT2D eigenvalue weighted by molar-refractivity contribution is 0.0597. The number of carbonyl (C=O) groups excluding carboxylic acids is 1. The number of halogens is 1. The molecule has 0 bridgehead atoms. The zero-order chi connectivity index (χ0) is 21.6. The molecule has 0 aliphatic carbocycles. The lowest BCUT2D eigenvalue weighted by Gasteiger charge is -2.22. The van der Waals surface area contributed by atoms with Crippen molar-refractivity contribution in [2.45, 2.75) is 46.5 Å². The van der Waals surface area contributed by atoms with Crippen LogP contribution in [0.25, 0.3) is 0 Å². The van der Waals surface area contributed by atoms with Crippen LogP contribution in [0.2, 0.25) is 0 Å². The van der Waals surface area contributed by atoms with Gasteiger partial charge < -0.3 is 10.5 Å². The number of methoxy groups -OCH3 is 1. The molecule has 1 unspecified atom stereocenters. The number of carbonyl (C=O) groups is 1. The number of ether oxygens (including phenoxy) is 1. The first-order valence-electron chi connectivity index (χ1n) is 9.75. The lowest BCUT2D eigenvalue weighted by Crippen LogP contribution is -2.12. The minimum Gasteiger partial charge on any atom is -0.465 e. The Hall–Kier alpha value is -2.95. The van der Waals surface area contributed by atoms with Crippen molar-refractivity contribution in [3.8, 4) is 0 Å². The van der Waals surface area contributed by atoms with E-state index in [4.69, 9.17) is 5.73 Å². The highest BCUT2D eigenvalue weighted by atomic mass is 19.1. The molecule has 0 amide bonds. The molecule has 0 aliphatic rings. The van der Waals surface area contributed by atoms with E-state index in [9.17, 15) is 9.18 Å². The molecule has 2 N–H and O–H groups in total. The zero-order valence-corrected chi connectivity index (χ0v) is 17.8. The molecule has 0 aromatic heterocycles. The van der Waals surface area contributed by atoms with Crippen molar-refractivity contribution in [2.24, 2.45) is 4.99 Å². The maximum atomic E-state index is 14.6. The van der Waals surface area contributed by atoms with Gasteiger partial charge in [0.1, 0.15) is 11.4 Å². The number of anilines is 1. The Morgan fingerprint density at radius 2 is 2.03 bits per heavy atom. The minimum atomic E-state index is -0.778. The highest BCUT2D eigenvalue weighted by Gasteiger charge is 2.22. The topological polar surface area (TPSA) is 64.7 Å². The van der Waals surface area contributed by atoms with Crippen LogP contribution >= 0.6 is 0 Å². The van der Waals surface area contributed by atoms with Crippen molar-refractivity contribution in [1.82, 2.24) is 0 Å². The van der Waals surface area contributed by atoms with Crippen LogP contribution < -0.4 is 5.73 Å². The Morgan fingerprint density at radius 1 is 1.31 bits per heavy atom. The smallest absolute Gasteiger partial charge is 0.342 e. The summed E-state index contributed by atoms with van der Waals surface area (Å²) in [4.78, 5) is 16.4. The second-order valence-corrected chi connectivity index (χ2v) is 7.01. The van der Waals surface area contributed by atoms with Crippen LogP contribution in [-0.2, 0) is 11.2 Å². The second-order valence-electron chi connectivity index (χ2n) is 7.01. The van der Waals surface area contributed by atoms with Gasteiger partial charge in [0.25, 0.3) is 0 Å². The van der Waals surface area contributed by atoms with Gasteiger partial charge in [-0.3, -0.25) is 4.99 Å². The van der Waals surface area contributed by atoms with Gasteiger partial charge in [-0.15, -0.1) is 0 Å². The molecule has 2 rings (SSSR count). The Bertz CT molecular complexity index is 925. The van der Waals surface area contributed by atoms with Crippen molar-refractivity contribution in [3.05, 3.63) is 75.7 Å². The van der Waals surface area contributed by atoms with Gasteiger partial charge in [0.2, 0.25) is 0 Å². The van der Waals surface area contributed by atoms with Crippen LogP contribution in [0.3, 0.4) is 0 Å². The number of nitrogens with zero attached hydrogens (tertiary/aromatic N) is 1. The van der Waals surface area contributed by atoms with Gasteiger partial charge >= 0.3 is 5.97 Å². The molecule has 2 aromatic carbocycles. The molecule has 0 heterocycles. The zero-order valence-electron chi connectivity index (χ0n) is 17.8. The van der Waals surface area contributed by atoms with Crippen molar-refractivity contribution in [3.63, 3.8) is 0 Å². The lowest BCUT2D eigenvalue weighted by atomic mass is 9.85. The minimum absolute atomic E-state index is 0.0644. The second kappa shape index (κ2) is 10.0. The van der Waals surface area contributed by atoms with E-state index in [1.54, 1.807) is 6.07 Å². The molecule has 0 saturated carbocycles. The number of nitrogens with two attached hydrogens (primary N) is 1. The van der Waals surface area contributed by atoms with Crippen LogP contribution in [0, 0.1) is 19.7 Å². The third kappa shape index (κ3) is 5.11. The number of aryl methyl sites for hydroxylation is 1. The number of benzene rings is 2. The number of nitrogen functional groups attached to an aromatic ring is 1. The standard InChI is InChI=1S/C24H29FN2O2/c1-6-11-27-22(7-2)19(18-10-8-9-15(3)16(18)4)12-17-13-20(25)23(21(26)14-17)24(28)29-5/h7-11,13-14,19H,6,12,26H2,1-5H3/b22-7-,27-11?. The van der Waals surface area contributed by atoms with E-state index in [0.29, 0.717) is 12.0 Å². The fraction of sp³-hybridized carbons (Fsp3) is 0.333. The summed E-state index contributed by atoms with van der Waals surface area (Å²) in [5, 5.41) is 0. The predicted molar refractivity (Wildman–Crippen MR) is 117 cm³/mol. The number of rotatable bonds is 7. The van der Waals surface area contributed by atoms with Gasteiger partial charge in [0, 0.05) is 23.5 Å². The summed E-state index contributed by atoms with van der Waals surface area (Å²) >= 11 is 0.